The van der Waals surface area contributed by atoms with E-state index in [2.05, 4.69) is 4.98 Å². The van der Waals surface area contributed by atoms with Gasteiger partial charge < -0.3 is 5.11 Å². The van der Waals surface area contributed by atoms with Crippen molar-refractivity contribution in [2.24, 2.45) is 0 Å². The van der Waals surface area contributed by atoms with Gasteiger partial charge in [0.15, 0.2) is 9.84 Å². The molecule has 190 valence electrons. The summed E-state index contributed by atoms with van der Waals surface area (Å²) in [5.41, 5.74) is 1.46. The van der Waals surface area contributed by atoms with Crippen molar-refractivity contribution in [2.45, 2.75) is 70.1 Å². The minimum Gasteiger partial charge on any atom is -0.507 e. The molecule has 0 radical (unpaired) electrons. The third-order valence-corrected chi connectivity index (χ3v) is 8.08. The van der Waals surface area contributed by atoms with E-state index in [1.165, 1.54) is 23.5 Å². The van der Waals surface area contributed by atoms with Gasteiger partial charge in [0.05, 0.1) is 17.0 Å². The number of phenolic OH excluding ortho intramolecular Hbond substituents is 1. The van der Waals surface area contributed by atoms with E-state index in [4.69, 9.17) is 0 Å². The van der Waals surface area contributed by atoms with Crippen molar-refractivity contribution in [1.82, 2.24) is 4.98 Å². The number of halogens is 3. The second-order valence-corrected chi connectivity index (χ2v) is 13.8. The fourth-order valence-electron chi connectivity index (χ4n) is 3.77. The van der Waals surface area contributed by atoms with E-state index in [0.29, 0.717) is 10.7 Å². The summed E-state index contributed by atoms with van der Waals surface area (Å²) in [7, 11) is -3.75. The quantitative estimate of drug-likeness (QED) is 0.381. The highest BCUT2D eigenvalue weighted by Gasteiger charge is 2.31. The highest BCUT2D eigenvalue weighted by atomic mass is 32.2. The first-order valence-corrected chi connectivity index (χ1v) is 13.8. The van der Waals surface area contributed by atoms with Gasteiger partial charge in [-0.2, -0.15) is 13.2 Å². The van der Waals surface area contributed by atoms with Gasteiger partial charge in [-0.1, -0.05) is 59.7 Å². The lowest BCUT2D eigenvalue weighted by atomic mass is 9.78. The zero-order valence-corrected chi connectivity index (χ0v) is 22.2. The van der Waals surface area contributed by atoms with Gasteiger partial charge in [0, 0.05) is 22.1 Å². The first-order chi connectivity index (χ1) is 15.9. The molecule has 4 nitrogen and oxygen atoms in total. The van der Waals surface area contributed by atoms with Crippen LogP contribution in [0.5, 0.6) is 5.75 Å². The van der Waals surface area contributed by atoms with Crippen LogP contribution in [0.25, 0.3) is 11.3 Å². The van der Waals surface area contributed by atoms with Crippen molar-refractivity contribution in [2.75, 3.05) is 0 Å². The van der Waals surface area contributed by atoms with Crippen LogP contribution >= 0.6 is 11.3 Å². The summed E-state index contributed by atoms with van der Waals surface area (Å²) < 4.78 is 64.4. The Labute approximate surface area is 208 Å². The van der Waals surface area contributed by atoms with Crippen LogP contribution in [0.2, 0.25) is 0 Å². The number of aromatic nitrogens is 1. The summed E-state index contributed by atoms with van der Waals surface area (Å²) in [4.78, 5) is 4.52. The number of alkyl halides is 3. The number of phenols is 1. The predicted molar refractivity (Wildman–Crippen MR) is 134 cm³/mol. The number of benzene rings is 2. The maximum Gasteiger partial charge on any atom is 0.416 e. The number of nitrogens with zero attached hydrogens (tertiary/aromatic N) is 1. The molecule has 0 saturated heterocycles. The zero-order valence-electron chi connectivity index (χ0n) is 20.6. The molecule has 0 aliphatic carbocycles. The topological polar surface area (TPSA) is 67.3 Å². The molecular weight excluding hydrogens is 495 g/mol. The van der Waals surface area contributed by atoms with Crippen molar-refractivity contribution in [1.29, 1.82) is 0 Å². The average molecular weight is 526 g/mol. The van der Waals surface area contributed by atoms with Crippen LogP contribution in [-0.4, -0.2) is 18.5 Å². The summed E-state index contributed by atoms with van der Waals surface area (Å²) in [5, 5.41) is 13.1. The van der Waals surface area contributed by atoms with Gasteiger partial charge in [0.2, 0.25) is 0 Å². The number of aromatic hydroxyl groups is 1. The van der Waals surface area contributed by atoms with E-state index >= 15 is 0 Å². The summed E-state index contributed by atoms with van der Waals surface area (Å²) in [5.74, 6) is -0.634. The number of rotatable bonds is 5. The molecule has 0 aliphatic heterocycles. The molecule has 3 rings (SSSR count). The van der Waals surface area contributed by atoms with Crippen molar-refractivity contribution in [3.63, 3.8) is 0 Å². The zero-order chi connectivity index (χ0) is 26.4. The fourth-order valence-corrected chi connectivity index (χ4v) is 6.39. The molecule has 0 bridgehead atoms. The second-order valence-electron chi connectivity index (χ2n) is 10.8. The van der Waals surface area contributed by atoms with Crippen LogP contribution in [0.3, 0.4) is 0 Å². The maximum absolute atomic E-state index is 13.0. The van der Waals surface area contributed by atoms with Gasteiger partial charge in [-0.25, -0.2) is 13.4 Å². The Morgan fingerprint density at radius 2 is 1.49 bits per heavy atom. The Kier molecular flexibility index (Phi) is 7.18. The molecule has 3 aromatic rings. The van der Waals surface area contributed by atoms with Gasteiger partial charge in [-0.3, -0.25) is 0 Å². The molecule has 0 fully saturated rings. The monoisotopic (exact) mass is 525 g/mol. The SMILES string of the molecule is CC(C)(C)c1cc(-c2csc(CS(=O)(=O)Cc3cccc(C(F)(F)F)c3)n2)cc(C(C)(C)C)c1O. The Morgan fingerprint density at radius 1 is 0.914 bits per heavy atom. The number of thiazole rings is 1. The first kappa shape index (κ1) is 27.2. The standard InChI is InChI=1S/C26H30F3NO3S2/c1-24(2,3)19-11-17(12-20(23(19)31)25(4,5)6)21-13-34-22(30-21)15-35(32,33)14-16-8-7-9-18(10-16)26(27,28)29/h7-13,31H,14-15H2,1-6H3. The van der Waals surface area contributed by atoms with Gasteiger partial charge in [0.25, 0.3) is 0 Å². The Morgan fingerprint density at radius 3 is 2.00 bits per heavy atom. The maximum atomic E-state index is 13.0. The molecule has 35 heavy (non-hydrogen) atoms. The van der Waals surface area contributed by atoms with Gasteiger partial charge in [0.1, 0.15) is 16.5 Å². The lowest BCUT2D eigenvalue weighted by Gasteiger charge is -2.28. The third-order valence-electron chi connectivity index (χ3n) is 5.56. The molecule has 1 aromatic heterocycles. The summed E-state index contributed by atoms with van der Waals surface area (Å²) in [6, 6.07) is 8.11. The molecule has 2 aromatic carbocycles. The highest BCUT2D eigenvalue weighted by Crippen LogP contribution is 2.42. The summed E-state index contributed by atoms with van der Waals surface area (Å²) in [6.07, 6.45) is -4.54. The van der Waals surface area contributed by atoms with E-state index in [1.807, 2.05) is 53.7 Å². The molecule has 1 heterocycles. The van der Waals surface area contributed by atoms with Crippen LogP contribution < -0.4 is 0 Å². The van der Waals surface area contributed by atoms with E-state index in [0.717, 1.165) is 28.8 Å². The van der Waals surface area contributed by atoms with Crippen LogP contribution in [0.4, 0.5) is 13.2 Å². The number of sulfone groups is 1. The van der Waals surface area contributed by atoms with Crippen LogP contribution in [0.1, 0.15) is 68.8 Å². The largest absolute Gasteiger partial charge is 0.507 e. The minimum absolute atomic E-state index is 0.0831. The Balaban J connectivity index is 1.91. The van der Waals surface area contributed by atoms with Gasteiger partial charge in [-0.15, -0.1) is 11.3 Å². The molecule has 9 heteroatoms. The fraction of sp³-hybridized carbons (Fsp3) is 0.423. The lowest BCUT2D eigenvalue weighted by Crippen LogP contribution is -2.17. The Bertz CT molecular complexity index is 1290. The summed E-state index contributed by atoms with van der Waals surface area (Å²) in [6.45, 7) is 12.0. The molecule has 0 aliphatic rings. The van der Waals surface area contributed by atoms with Crippen molar-refractivity contribution in [3.05, 3.63) is 69.0 Å². The normalized spacial score (nSPS) is 13.3. The number of hydrogen-bond donors (Lipinski definition) is 1. The molecule has 1 N–H and O–H groups in total. The third kappa shape index (κ3) is 6.64. The van der Waals surface area contributed by atoms with Crippen molar-refractivity contribution >= 4 is 21.2 Å². The predicted octanol–water partition coefficient (Wildman–Crippen LogP) is 7.24. The lowest BCUT2D eigenvalue weighted by molar-refractivity contribution is -0.137. The van der Waals surface area contributed by atoms with Crippen LogP contribution in [0, 0.1) is 0 Å². The van der Waals surface area contributed by atoms with E-state index in [9.17, 15) is 26.7 Å². The number of hydrogen-bond acceptors (Lipinski definition) is 5. The smallest absolute Gasteiger partial charge is 0.416 e. The first-order valence-electron chi connectivity index (χ1n) is 11.1. The molecule has 0 unspecified atom stereocenters. The minimum atomic E-state index is -4.54. The van der Waals surface area contributed by atoms with E-state index in [-0.39, 0.29) is 27.9 Å². The molecule has 0 spiro atoms. The van der Waals surface area contributed by atoms with Crippen LogP contribution in [0.15, 0.2) is 41.8 Å². The second kappa shape index (κ2) is 9.24. The van der Waals surface area contributed by atoms with Crippen molar-refractivity contribution < 1.29 is 26.7 Å². The average Bonchev–Trinajstić information content (AvgIpc) is 3.13. The van der Waals surface area contributed by atoms with Crippen molar-refractivity contribution in [3.8, 4) is 17.0 Å². The van der Waals surface area contributed by atoms with Gasteiger partial charge >= 0.3 is 6.18 Å². The van der Waals surface area contributed by atoms with E-state index in [1.54, 1.807) is 5.38 Å². The molecule has 0 atom stereocenters. The molecule has 0 saturated carbocycles. The Hall–Kier alpha value is -2.39. The summed E-state index contributed by atoms with van der Waals surface area (Å²) >= 11 is 1.19. The molecular formula is C26H30F3NO3S2. The van der Waals surface area contributed by atoms with E-state index < -0.39 is 27.3 Å². The van der Waals surface area contributed by atoms with Crippen LogP contribution in [-0.2, 0) is 38.3 Å². The highest BCUT2D eigenvalue weighted by molar-refractivity contribution is 7.89. The molecule has 0 amide bonds. The van der Waals surface area contributed by atoms with Gasteiger partial charge in [-0.05, 0) is 34.6 Å².